The molecular weight excluding hydrogens is 548 g/mol. The Morgan fingerprint density at radius 1 is 0.568 bits per heavy atom. The predicted octanol–water partition coefficient (Wildman–Crippen LogP) is 9.90. The predicted molar refractivity (Wildman–Crippen MR) is 188 cm³/mol. The molecule has 0 rings (SSSR count). The van der Waals surface area contributed by atoms with Gasteiger partial charge in [-0.3, -0.25) is 9.59 Å². The first-order valence-corrected chi connectivity index (χ1v) is 19.4. The van der Waals surface area contributed by atoms with Crippen molar-refractivity contribution in [1.82, 2.24) is 10.2 Å². The summed E-state index contributed by atoms with van der Waals surface area (Å²) in [6, 6.07) is 0. The Morgan fingerprint density at radius 3 is 1.45 bits per heavy atom. The van der Waals surface area contributed by atoms with Crippen LogP contribution in [0.15, 0.2) is 0 Å². The van der Waals surface area contributed by atoms with E-state index in [-0.39, 0.29) is 18.0 Å². The lowest BCUT2D eigenvalue weighted by Gasteiger charge is -2.22. The van der Waals surface area contributed by atoms with E-state index in [0.717, 1.165) is 51.7 Å². The Bertz CT molecular complexity index is 600. The van der Waals surface area contributed by atoms with Gasteiger partial charge in [0.1, 0.15) is 12.7 Å². The van der Waals surface area contributed by atoms with Crippen LogP contribution in [0.3, 0.4) is 0 Å². The Morgan fingerprint density at radius 2 is 0.977 bits per heavy atom. The number of ether oxygens (including phenoxy) is 1. The molecule has 0 heterocycles. The number of nitrogens with zero attached hydrogens (tertiary/aromatic N) is 1. The van der Waals surface area contributed by atoms with Gasteiger partial charge < -0.3 is 20.1 Å². The summed E-state index contributed by atoms with van der Waals surface area (Å²) in [5.41, 5.74) is 0. The number of hydrogen-bond acceptors (Lipinski definition) is 5. The average Bonchev–Trinajstić information content (AvgIpc) is 3.02. The standard InChI is InChI=1S/C38H76N2O4/c1-4-7-10-13-17-22-28-36(29-23-18-14-11-8-5-2)44-38(43)30-24-19-16-21-26-33-40(32-25-20-15-12-9-6-3)34-27-31-39-37(42)35-41/h36,41H,4-35H2,1-3H3,(H,39,42). The molecule has 0 aromatic carbocycles. The Kier molecular flexibility index (Phi) is 33.8. The third-order valence-corrected chi connectivity index (χ3v) is 8.86. The van der Waals surface area contributed by atoms with Crippen LogP contribution in [0.2, 0.25) is 0 Å². The first kappa shape index (κ1) is 42.9. The number of carbonyl (C=O) groups is 2. The highest BCUT2D eigenvalue weighted by atomic mass is 16.5. The number of aliphatic hydroxyl groups excluding tert-OH is 1. The Balaban J connectivity index is 4.26. The molecule has 44 heavy (non-hydrogen) atoms. The van der Waals surface area contributed by atoms with Crippen molar-refractivity contribution in [2.75, 3.05) is 32.8 Å². The number of aliphatic hydroxyl groups is 1. The molecule has 0 unspecified atom stereocenters. The van der Waals surface area contributed by atoms with Gasteiger partial charge in [-0.2, -0.15) is 0 Å². The number of carbonyl (C=O) groups excluding carboxylic acids is 2. The number of esters is 1. The van der Waals surface area contributed by atoms with E-state index in [9.17, 15) is 9.59 Å². The maximum absolute atomic E-state index is 12.7. The fraction of sp³-hybridized carbons (Fsp3) is 0.947. The van der Waals surface area contributed by atoms with Gasteiger partial charge in [-0.1, -0.05) is 136 Å². The summed E-state index contributed by atoms with van der Waals surface area (Å²) >= 11 is 0. The topological polar surface area (TPSA) is 78.9 Å². The van der Waals surface area contributed by atoms with Crippen LogP contribution < -0.4 is 5.32 Å². The van der Waals surface area contributed by atoms with Gasteiger partial charge >= 0.3 is 5.97 Å². The Hall–Kier alpha value is -1.14. The lowest BCUT2D eigenvalue weighted by Crippen LogP contribution is -2.32. The van der Waals surface area contributed by atoms with Gasteiger partial charge in [0.2, 0.25) is 5.91 Å². The molecule has 262 valence electrons. The van der Waals surface area contributed by atoms with Gasteiger partial charge in [-0.15, -0.1) is 0 Å². The van der Waals surface area contributed by atoms with Crippen LogP contribution in [0.5, 0.6) is 0 Å². The molecule has 0 atom stereocenters. The van der Waals surface area contributed by atoms with Gasteiger partial charge in [0.05, 0.1) is 0 Å². The van der Waals surface area contributed by atoms with E-state index in [4.69, 9.17) is 9.84 Å². The largest absolute Gasteiger partial charge is 0.462 e. The summed E-state index contributed by atoms with van der Waals surface area (Å²) < 4.78 is 6.02. The van der Waals surface area contributed by atoms with Crippen molar-refractivity contribution in [1.29, 1.82) is 0 Å². The van der Waals surface area contributed by atoms with Crippen LogP contribution in [0, 0.1) is 0 Å². The monoisotopic (exact) mass is 625 g/mol. The molecule has 2 N–H and O–H groups in total. The third-order valence-electron chi connectivity index (χ3n) is 8.86. The highest BCUT2D eigenvalue weighted by Crippen LogP contribution is 2.18. The van der Waals surface area contributed by atoms with Crippen molar-refractivity contribution in [3.8, 4) is 0 Å². The normalized spacial score (nSPS) is 11.5. The van der Waals surface area contributed by atoms with E-state index < -0.39 is 6.61 Å². The molecule has 1 amide bonds. The maximum atomic E-state index is 12.7. The number of unbranched alkanes of at least 4 members (excludes halogenated alkanes) is 19. The summed E-state index contributed by atoms with van der Waals surface area (Å²) in [4.78, 5) is 26.5. The lowest BCUT2D eigenvalue weighted by molar-refractivity contribution is -0.150. The van der Waals surface area contributed by atoms with Gasteiger partial charge in [0, 0.05) is 13.0 Å². The number of amides is 1. The minimum absolute atomic E-state index is 0.0189. The van der Waals surface area contributed by atoms with E-state index in [1.807, 2.05) is 0 Å². The molecule has 0 spiro atoms. The summed E-state index contributed by atoms with van der Waals surface area (Å²) in [5, 5.41) is 11.7. The molecular formula is C38H76N2O4. The second-order valence-corrected chi connectivity index (χ2v) is 13.2. The highest BCUT2D eigenvalue weighted by molar-refractivity contribution is 5.76. The molecule has 0 aliphatic rings. The number of nitrogens with one attached hydrogen (secondary N) is 1. The van der Waals surface area contributed by atoms with Crippen LogP contribution in [0.4, 0.5) is 0 Å². The molecule has 0 bridgehead atoms. The highest BCUT2D eigenvalue weighted by Gasteiger charge is 2.14. The second kappa shape index (κ2) is 34.7. The zero-order valence-electron chi connectivity index (χ0n) is 29.8. The maximum Gasteiger partial charge on any atom is 0.306 e. The molecule has 0 fully saturated rings. The summed E-state index contributed by atoms with van der Waals surface area (Å²) in [6.07, 6.45) is 32.5. The lowest BCUT2D eigenvalue weighted by atomic mass is 10.0. The van der Waals surface area contributed by atoms with E-state index >= 15 is 0 Å². The molecule has 0 aliphatic heterocycles. The molecule has 0 aromatic heterocycles. The van der Waals surface area contributed by atoms with Crippen LogP contribution >= 0.6 is 0 Å². The fourth-order valence-electron chi connectivity index (χ4n) is 5.98. The van der Waals surface area contributed by atoms with Crippen molar-refractivity contribution >= 4 is 11.9 Å². The zero-order valence-corrected chi connectivity index (χ0v) is 29.8. The van der Waals surface area contributed by atoms with E-state index in [1.54, 1.807) is 0 Å². The molecule has 6 heteroatoms. The molecule has 0 radical (unpaired) electrons. The van der Waals surface area contributed by atoms with E-state index in [0.29, 0.717) is 13.0 Å². The van der Waals surface area contributed by atoms with Crippen LogP contribution in [0.1, 0.15) is 194 Å². The van der Waals surface area contributed by atoms with E-state index in [2.05, 4.69) is 31.0 Å². The SMILES string of the molecule is CCCCCCCCC(CCCCCCCC)OC(=O)CCCCCCCN(CCCCCCCC)CCCNC(=O)CO. The van der Waals surface area contributed by atoms with Crippen molar-refractivity contribution < 1.29 is 19.4 Å². The average molecular weight is 625 g/mol. The molecule has 0 saturated heterocycles. The number of hydrogen-bond donors (Lipinski definition) is 2. The Labute approximate surface area is 274 Å². The van der Waals surface area contributed by atoms with Gasteiger partial charge in [-0.05, 0) is 71.0 Å². The second-order valence-electron chi connectivity index (χ2n) is 13.2. The molecule has 0 aliphatic carbocycles. The van der Waals surface area contributed by atoms with Gasteiger partial charge in [-0.25, -0.2) is 0 Å². The molecule has 0 saturated carbocycles. The first-order valence-electron chi connectivity index (χ1n) is 19.4. The molecule has 6 nitrogen and oxygen atoms in total. The fourth-order valence-corrected chi connectivity index (χ4v) is 5.98. The van der Waals surface area contributed by atoms with Crippen LogP contribution in [-0.2, 0) is 14.3 Å². The van der Waals surface area contributed by atoms with Crippen molar-refractivity contribution in [2.24, 2.45) is 0 Å². The van der Waals surface area contributed by atoms with E-state index in [1.165, 1.54) is 135 Å². The van der Waals surface area contributed by atoms with Crippen LogP contribution in [-0.4, -0.2) is 60.8 Å². The summed E-state index contributed by atoms with van der Waals surface area (Å²) in [7, 11) is 0. The van der Waals surface area contributed by atoms with Crippen LogP contribution in [0.25, 0.3) is 0 Å². The minimum Gasteiger partial charge on any atom is -0.462 e. The minimum atomic E-state index is -0.432. The van der Waals surface area contributed by atoms with Gasteiger partial charge in [0.25, 0.3) is 0 Å². The third kappa shape index (κ3) is 30.9. The van der Waals surface area contributed by atoms with Crippen molar-refractivity contribution in [3.05, 3.63) is 0 Å². The summed E-state index contributed by atoms with van der Waals surface area (Å²) in [6.45, 7) is 10.2. The molecule has 0 aromatic rings. The quantitative estimate of drug-likeness (QED) is 0.0542. The smallest absolute Gasteiger partial charge is 0.306 e. The number of rotatable bonds is 35. The summed E-state index contributed by atoms with van der Waals surface area (Å²) in [5.74, 6) is -0.271. The van der Waals surface area contributed by atoms with Crippen molar-refractivity contribution in [2.45, 2.75) is 200 Å². The van der Waals surface area contributed by atoms with Gasteiger partial charge in [0.15, 0.2) is 0 Å². The first-order chi connectivity index (χ1) is 21.6. The zero-order chi connectivity index (χ0) is 32.4. The van der Waals surface area contributed by atoms with Crippen molar-refractivity contribution in [3.63, 3.8) is 0 Å².